The van der Waals surface area contributed by atoms with E-state index in [1.54, 1.807) is 0 Å². The Labute approximate surface area is 183 Å². The van der Waals surface area contributed by atoms with Crippen molar-refractivity contribution in [1.82, 2.24) is 21.3 Å². The van der Waals surface area contributed by atoms with Crippen molar-refractivity contribution in [3.63, 3.8) is 0 Å². The molecule has 174 valence electrons. The van der Waals surface area contributed by atoms with Crippen LogP contribution in [0.3, 0.4) is 0 Å². The monoisotopic (exact) mass is 410 g/mol. The molecule has 1 aliphatic carbocycles. The van der Waals surface area contributed by atoms with Gasteiger partial charge in [0.05, 0.1) is 12.3 Å². The van der Waals surface area contributed by atoms with E-state index in [1.807, 2.05) is 0 Å². The summed E-state index contributed by atoms with van der Waals surface area (Å²) < 4.78 is 0. The molecular weight excluding hydrogens is 356 g/mol. The van der Waals surface area contributed by atoms with Crippen molar-refractivity contribution < 1.29 is 0 Å². The lowest BCUT2D eigenvalue weighted by Crippen LogP contribution is -2.47. The summed E-state index contributed by atoms with van der Waals surface area (Å²) in [4.78, 5) is 0. The van der Waals surface area contributed by atoms with E-state index in [9.17, 15) is 0 Å². The Morgan fingerprint density at radius 1 is 0.655 bits per heavy atom. The molecule has 1 fully saturated rings. The lowest BCUT2D eigenvalue weighted by atomic mass is 10.1. The van der Waals surface area contributed by atoms with E-state index < -0.39 is 0 Å². The Balaban J connectivity index is 2.16. The van der Waals surface area contributed by atoms with Crippen molar-refractivity contribution in [3.05, 3.63) is 0 Å². The zero-order chi connectivity index (χ0) is 21.3. The molecule has 5 unspecified atom stereocenters. The second-order valence-electron chi connectivity index (χ2n) is 9.44. The molecule has 1 saturated carbocycles. The van der Waals surface area contributed by atoms with Crippen molar-refractivity contribution in [2.45, 2.75) is 130 Å². The van der Waals surface area contributed by atoms with Gasteiger partial charge in [0, 0.05) is 6.04 Å². The van der Waals surface area contributed by atoms with Gasteiger partial charge in [0.15, 0.2) is 0 Å². The van der Waals surface area contributed by atoms with Gasteiger partial charge in [-0.15, -0.1) is 0 Å². The van der Waals surface area contributed by atoms with Crippen LogP contribution in [0.5, 0.6) is 0 Å². The number of hydrogen-bond acceptors (Lipinski definition) is 4. The first-order valence-corrected chi connectivity index (χ1v) is 13.1. The summed E-state index contributed by atoms with van der Waals surface area (Å²) >= 11 is 0. The summed E-state index contributed by atoms with van der Waals surface area (Å²) in [6.07, 6.45) is 17.0. The summed E-state index contributed by atoms with van der Waals surface area (Å²) in [6.45, 7) is 14.8. The van der Waals surface area contributed by atoms with Crippen LogP contribution in [-0.2, 0) is 0 Å². The third-order valence-electron chi connectivity index (χ3n) is 6.40. The van der Waals surface area contributed by atoms with Gasteiger partial charge in [0.2, 0.25) is 0 Å². The molecule has 0 aromatic heterocycles. The second kappa shape index (κ2) is 17.5. The molecule has 4 N–H and O–H groups in total. The molecule has 0 bridgehead atoms. The average Bonchev–Trinajstić information content (AvgIpc) is 3.46. The quantitative estimate of drug-likeness (QED) is 0.151. The number of hydrogen-bond donors (Lipinski definition) is 4. The Bertz CT molecular complexity index is 357. The molecule has 1 rings (SSSR count). The Kier molecular flexibility index (Phi) is 16.2. The zero-order valence-electron chi connectivity index (χ0n) is 20.5. The van der Waals surface area contributed by atoms with Crippen LogP contribution in [-0.4, -0.2) is 38.0 Å². The lowest BCUT2D eigenvalue weighted by molar-refractivity contribution is 0.336. The van der Waals surface area contributed by atoms with Gasteiger partial charge in [0.25, 0.3) is 0 Å². The van der Waals surface area contributed by atoms with E-state index in [-0.39, 0.29) is 0 Å². The maximum atomic E-state index is 3.86. The van der Waals surface area contributed by atoms with Crippen LogP contribution < -0.4 is 21.3 Å². The van der Waals surface area contributed by atoms with Crippen molar-refractivity contribution in [1.29, 1.82) is 0 Å². The maximum absolute atomic E-state index is 3.86. The molecular formula is C25H54N4. The highest BCUT2D eigenvalue weighted by molar-refractivity contribution is 4.90. The third kappa shape index (κ3) is 13.7. The Morgan fingerprint density at radius 3 is 1.86 bits per heavy atom. The SMILES string of the molecule is CCCCCCCCC(C)NC(CCC)NCC1CC1CNC(CCC)NCC. The molecule has 0 aliphatic heterocycles. The Morgan fingerprint density at radius 2 is 1.24 bits per heavy atom. The number of rotatable bonds is 21. The first-order valence-electron chi connectivity index (χ1n) is 13.1. The van der Waals surface area contributed by atoms with Gasteiger partial charge in [-0.2, -0.15) is 0 Å². The Hall–Kier alpha value is -0.160. The second-order valence-corrected chi connectivity index (χ2v) is 9.44. The zero-order valence-corrected chi connectivity index (χ0v) is 20.5. The number of nitrogens with one attached hydrogen (secondary N) is 4. The summed E-state index contributed by atoms with van der Waals surface area (Å²) in [5.74, 6) is 1.73. The highest BCUT2D eigenvalue weighted by Crippen LogP contribution is 2.37. The van der Waals surface area contributed by atoms with Crippen LogP contribution in [0.25, 0.3) is 0 Å². The minimum absolute atomic E-state index is 0.485. The van der Waals surface area contributed by atoms with Gasteiger partial charge >= 0.3 is 0 Å². The fourth-order valence-electron chi connectivity index (χ4n) is 4.40. The van der Waals surface area contributed by atoms with E-state index in [0.29, 0.717) is 18.4 Å². The molecule has 4 nitrogen and oxygen atoms in total. The fourth-order valence-corrected chi connectivity index (χ4v) is 4.40. The van der Waals surface area contributed by atoms with Gasteiger partial charge in [-0.25, -0.2) is 0 Å². The van der Waals surface area contributed by atoms with Crippen molar-refractivity contribution >= 4 is 0 Å². The van der Waals surface area contributed by atoms with Crippen LogP contribution in [0.15, 0.2) is 0 Å². The van der Waals surface area contributed by atoms with E-state index in [0.717, 1.165) is 18.4 Å². The van der Waals surface area contributed by atoms with Crippen LogP contribution >= 0.6 is 0 Å². The molecule has 29 heavy (non-hydrogen) atoms. The number of unbranched alkanes of at least 4 members (excludes halogenated alkanes) is 5. The minimum Gasteiger partial charge on any atom is -0.302 e. The first kappa shape index (κ1) is 26.9. The van der Waals surface area contributed by atoms with Crippen LogP contribution in [0.4, 0.5) is 0 Å². The molecule has 0 spiro atoms. The minimum atomic E-state index is 0.485. The predicted octanol–water partition coefficient (Wildman–Crippen LogP) is 5.39. The average molecular weight is 411 g/mol. The van der Waals surface area contributed by atoms with Crippen molar-refractivity contribution in [2.24, 2.45) is 11.8 Å². The van der Waals surface area contributed by atoms with E-state index in [4.69, 9.17) is 0 Å². The van der Waals surface area contributed by atoms with Gasteiger partial charge < -0.3 is 16.0 Å². The largest absolute Gasteiger partial charge is 0.302 e. The van der Waals surface area contributed by atoms with Gasteiger partial charge in [-0.1, -0.05) is 79.1 Å². The highest BCUT2D eigenvalue weighted by Gasteiger charge is 2.36. The molecule has 5 atom stereocenters. The lowest BCUT2D eigenvalue weighted by Gasteiger charge is -2.24. The molecule has 0 aromatic carbocycles. The normalized spacial score (nSPS) is 21.8. The molecule has 4 heteroatoms. The van der Waals surface area contributed by atoms with Crippen LogP contribution in [0, 0.1) is 11.8 Å². The fraction of sp³-hybridized carbons (Fsp3) is 1.00. The topological polar surface area (TPSA) is 48.1 Å². The molecule has 0 heterocycles. The van der Waals surface area contributed by atoms with Crippen LogP contribution in [0.1, 0.15) is 112 Å². The highest BCUT2D eigenvalue weighted by atomic mass is 15.1. The maximum Gasteiger partial charge on any atom is 0.0573 e. The van der Waals surface area contributed by atoms with Crippen molar-refractivity contribution in [2.75, 3.05) is 19.6 Å². The van der Waals surface area contributed by atoms with Crippen LogP contribution in [0.2, 0.25) is 0 Å². The van der Waals surface area contributed by atoms with E-state index in [2.05, 4.69) is 55.9 Å². The molecule has 0 radical (unpaired) electrons. The van der Waals surface area contributed by atoms with Crippen molar-refractivity contribution in [3.8, 4) is 0 Å². The van der Waals surface area contributed by atoms with Gasteiger partial charge in [0.1, 0.15) is 0 Å². The van der Waals surface area contributed by atoms with Gasteiger partial charge in [-0.05, 0) is 64.1 Å². The first-order chi connectivity index (χ1) is 14.1. The standard InChI is InChI=1S/C25H54N4/c1-6-10-11-12-13-14-17-21(5)29-25(16-8-3)28-20-23-18-22(23)19-27-24(15-7-2)26-9-4/h21-29H,6-20H2,1-5H3. The summed E-state index contributed by atoms with van der Waals surface area (Å²) in [6, 6.07) is 0.622. The smallest absolute Gasteiger partial charge is 0.0573 e. The predicted molar refractivity (Wildman–Crippen MR) is 129 cm³/mol. The van der Waals surface area contributed by atoms with E-state index in [1.165, 1.54) is 90.1 Å². The molecule has 1 aliphatic rings. The van der Waals surface area contributed by atoms with E-state index >= 15 is 0 Å². The summed E-state index contributed by atoms with van der Waals surface area (Å²) in [5.41, 5.74) is 0. The van der Waals surface area contributed by atoms with Gasteiger partial charge in [-0.3, -0.25) is 5.32 Å². The third-order valence-corrected chi connectivity index (χ3v) is 6.40. The molecule has 0 saturated heterocycles. The molecule has 0 aromatic rings. The molecule has 0 amide bonds. The summed E-state index contributed by atoms with van der Waals surface area (Å²) in [7, 11) is 0. The summed E-state index contributed by atoms with van der Waals surface area (Å²) in [5, 5.41) is 15.0.